The van der Waals surface area contributed by atoms with Gasteiger partial charge in [0, 0.05) is 5.56 Å². The summed E-state index contributed by atoms with van der Waals surface area (Å²) in [5.74, 6) is 0.480. The Morgan fingerprint density at radius 1 is 0.962 bits per heavy atom. The fourth-order valence-electron chi connectivity index (χ4n) is 2.90. The summed E-state index contributed by atoms with van der Waals surface area (Å²) in [4.78, 5) is 13.9. The average Bonchev–Trinajstić information content (AvgIpc) is 3.03. The van der Waals surface area contributed by atoms with Crippen LogP contribution in [0.25, 0.3) is 10.8 Å². The van der Waals surface area contributed by atoms with Crippen LogP contribution in [0.2, 0.25) is 0 Å². The predicted molar refractivity (Wildman–Crippen MR) is 108 cm³/mol. The molecular formula is C21H17N3OS. The Bertz CT molecular complexity index is 993. The van der Waals surface area contributed by atoms with E-state index in [0.717, 1.165) is 16.5 Å². The number of carbonyl (C=O) groups excluding carboxylic acids is 1. The lowest BCUT2D eigenvalue weighted by atomic mass is 10.1. The van der Waals surface area contributed by atoms with Crippen molar-refractivity contribution >= 4 is 39.8 Å². The van der Waals surface area contributed by atoms with Gasteiger partial charge in [-0.3, -0.25) is 9.69 Å². The maximum absolute atomic E-state index is 12.2. The number of carbonyl (C=O) groups is 1. The van der Waals surface area contributed by atoms with Crippen molar-refractivity contribution < 1.29 is 4.79 Å². The van der Waals surface area contributed by atoms with Gasteiger partial charge < -0.3 is 0 Å². The van der Waals surface area contributed by atoms with Crippen LogP contribution in [0.4, 0.5) is 0 Å². The van der Waals surface area contributed by atoms with Crippen LogP contribution in [0, 0.1) is 0 Å². The van der Waals surface area contributed by atoms with Gasteiger partial charge in [0.25, 0.3) is 0 Å². The Morgan fingerprint density at radius 2 is 1.73 bits per heavy atom. The molecule has 0 spiro atoms. The molecule has 3 aromatic rings. The number of hydrogen-bond donors (Lipinski definition) is 0. The van der Waals surface area contributed by atoms with Crippen LogP contribution in [-0.2, 0) is 11.3 Å². The van der Waals surface area contributed by atoms with Crippen molar-refractivity contribution in [2.24, 2.45) is 10.2 Å². The molecule has 0 bridgehead atoms. The van der Waals surface area contributed by atoms with E-state index >= 15 is 0 Å². The van der Waals surface area contributed by atoms with Gasteiger partial charge in [-0.05, 0) is 16.3 Å². The summed E-state index contributed by atoms with van der Waals surface area (Å²) >= 11 is 1.43. The van der Waals surface area contributed by atoms with E-state index in [1.165, 1.54) is 17.1 Å². The third kappa shape index (κ3) is 3.53. The van der Waals surface area contributed by atoms with Crippen LogP contribution in [-0.4, -0.2) is 27.9 Å². The monoisotopic (exact) mass is 359 g/mol. The maximum atomic E-state index is 12.2. The number of hydrogen-bond acceptors (Lipinski definition) is 4. The molecule has 4 nitrogen and oxygen atoms in total. The fourth-order valence-corrected chi connectivity index (χ4v) is 3.73. The Kier molecular flexibility index (Phi) is 4.80. The van der Waals surface area contributed by atoms with Crippen molar-refractivity contribution in [2.45, 2.75) is 6.54 Å². The zero-order chi connectivity index (χ0) is 17.8. The molecule has 1 aliphatic rings. The zero-order valence-electron chi connectivity index (χ0n) is 14.1. The number of thioether (sulfide) groups is 1. The van der Waals surface area contributed by atoms with E-state index in [9.17, 15) is 4.79 Å². The second-order valence-electron chi connectivity index (χ2n) is 5.95. The Balaban J connectivity index is 1.56. The third-order valence-electron chi connectivity index (χ3n) is 4.20. The molecule has 1 amide bonds. The summed E-state index contributed by atoms with van der Waals surface area (Å²) in [6, 6.07) is 24.2. The minimum absolute atomic E-state index is 0.0676. The Labute approximate surface area is 156 Å². The first-order chi connectivity index (χ1) is 12.8. The van der Waals surface area contributed by atoms with Gasteiger partial charge >= 0.3 is 0 Å². The quantitative estimate of drug-likeness (QED) is 0.515. The molecule has 128 valence electrons. The third-order valence-corrected chi connectivity index (χ3v) is 5.16. The molecule has 1 aliphatic heterocycles. The highest BCUT2D eigenvalue weighted by Crippen LogP contribution is 2.22. The molecule has 4 rings (SSSR count). The van der Waals surface area contributed by atoms with E-state index in [1.807, 2.05) is 54.6 Å². The van der Waals surface area contributed by atoms with Gasteiger partial charge in [-0.15, -0.1) is 5.10 Å². The molecule has 0 unspecified atom stereocenters. The molecule has 0 radical (unpaired) electrons. The predicted octanol–water partition coefficient (Wildman–Crippen LogP) is 4.31. The van der Waals surface area contributed by atoms with E-state index < -0.39 is 0 Å². The van der Waals surface area contributed by atoms with Crippen molar-refractivity contribution in [1.82, 2.24) is 4.90 Å². The largest absolute Gasteiger partial charge is 0.285 e. The molecule has 1 saturated heterocycles. The normalized spacial score (nSPS) is 16.2. The highest BCUT2D eigenvalue weighted by Gasteiger charge is 2.28. The smallest absolute Gasteiger partial charge is 0.239 e. The molecule has 5 heteroatoms. The first-order valence-electron chi connectivity index (χ1n) is 8.37. The van der Waals surface area contributed by atoms with E-state index in [2.05, 4.69) is 28.4 Å². The van der Waals surface area contributed by atoms with Gasteiger partial charge in [-0.2, -0.15) is 5.10 Å². The van der Waals surface area contributed by atoms with Crippen LogP contribution in [0.5, 0.6) is 0 Å². The maximum Gasteiger partial charge on any atom is 0.239 e. The summed E-state index contributed by atoms with van der Waals surface area (Å²) in [7, 11) is 0. The number of nitrogens with zero attached hydrogens (tertiary/aromatic N) is 3. The lowest BCUT2D eigenvalue weighted by Gasteiger charge is -2.14. The van der Waals surface area contributed by atoms with Gasteiger partial charge in [0.1, 0.15) is 0 Å². The lowest BCUT2D eigenvalue weighted by molar-refractivity contribution is -0.124. The van der Waals surface area contributed by atoms with Gasteiger partial charge in [0.05, 0.1) is 18.5 Å². The summed E-state index contributed by atoms with van der Waals surface area (Å²) in [6.45, 7) is 0.523. The van der Waals surface area contributed by atoms with Crippen LogP contribution < -0.4 is 0 Å². The number of fused-ring (bicyclic) bond motifs is 1. The fraction of sp³-hybridized carbons (Fsp3) is 0.0952. The highest BCUT2D eigenvalue weighted by atomic mass is 32.2. The van der Waals surface area contributed by atoms with Gasteiger partial charge in [-0.25, -0.2) is 0 Å². The molecule has 0 aromatic heterocycles. The molecule has 0 N–H and O–H groups in total. The van der Waals surface area contributed by atoms with E-state index in [-0.39, 0.29) is 5.91 Å². The summed E-state index contributed by atoms with van der Waals surface area (Å²) in [6.07, 6.45) is 1.75. The van der Waals surface area contributed by atoms with Gasteiger partial charge in [-0.1, -0.05) is 84.6 Å². The number of amidine groups is 1. The number of benzene rings is 3. The Morgan fingerprint density at radius 3 is 2.62 bits per heavy atom. The van der Waals surface area contributed by atoms with Crippen LogP contribution >= 0.6 is 11.8 Å². The van der Waals surface area contributed by atoms with Crippen molar-refractivity contribution in [2.75, 3.05) is 5.75 Å². The standard InChI is InChI=1S/C21H17N3OS/c25-20-15-26-21(24(20)14-16-7-2-1-3-8-16)23-22-13-18-11-6-10-17-9-4-5-12-19(17)18/h1-13H,14-15H2/b22-13+,23-21-. The van der Waals surface area contributed by atoms with E-state index in [1.54, 1.807) is 11.1 Å². The molecule has 1 heterocycles. The number of rotatable bonds is 4. The van der Waals surface area contributed by atoms with Crippen molar-refractivity contribution in [3.8, 4) is 0 Å². The first-order valence-corrected chi connectivity index (χ1v) is 9.36. The molecule has 0 saturated carbocycles. The average molecular weight is 359 g/mol. The summed E-state index contributed by atoms with van der Waals surface area (Å²) < 4.78 is 0. The molecule has 1 fully saturated rings. The van der Waals surface area contributed by atoms with Crippen LogP contribution in [0.3, 0.4) is 0 Å². The topological polar surface area (TPSA) is 45.0 Å². The molecule has 0 aliphatic carbocycles. The second-order valence-corrected chi connectivity index (χ2v) is 6.89. The van der Waals surface area contributed by atoms with Crippen molar-refractivity contribution in [1.29, 1.82) is 0 Å². The molecule has 3 aromatic carbocycles. The summed E-state index contributed by atoms with van der Waals surface area (Å²) in [5, 5.41) is 11.5. The van der Waals surface area contributed by atoms with Crippen LogP contribution in [0.1, 0.15) is 11.1 Å². The van der Waals surface area contributed by atoms with Crippen molar-refractivity contribution in [3.63, 3.8) is 0 Å². The SMILES string of the molecule is O=C1CS/C(=N\N=C\c2cccc3ccccc23)N1Cc1ccccc1. The van der Waals surface area contributed by atoms with Gasteiger partial charge in [0.2, 0.25) is 5.91 Å². The van der Waals surface area contributed by atoms with Crippen molar-refractivity contribution in [3.05, 3.63) is 83.9 Å². The number of amides is 1. The van der Waals surface area contributed by atoms with Crippen LogP contribution in [0.15, 0.2) is 83.0 Å². The van der Waals surface area contributed by atoms with E-state index in [4.69, 9.17) is 0 Å². The second kappa shape index (κ2) is 7.54. The lowest BCUT2D eigenvalue weighted by Crippen LogP contribution is -2.28. The van der Waals surface area contributed by atoms with E-state index in [0.29, 0.717) is 17.5 Å². The first kappa shape index (κ1) is 16.5. The Hall–Kier alpha value is -2.92. The zero-order valence-corrected chi connectivity index (χ0v) is 14.9. The minimum atomic E-state index is 0.0676. The minimum Gasteiger partial charge on any atom is -0.285 e. The highest BCUT2D eigenvalue weighted by molar-refractivity contribution is 8.15. The molecular weight excluding hydrogens is 342 g/mol. The molecule has 0 atom stereocenters. The molecule has 26 heavy (non-hydrogen) atoms. The summed E-state index contributed by atoms with van der Waals surface area (Å²) in [5.41, 5.74) is 2.09. The van der Waals surface area contributed by atoms with Gasteiger partial charge in [0.15, 0.2) is 5.17 Å².